The number of nitrogens with two attached hydrogens (primary N) is 1. The van der Waals surface area contributed by atoms with Gasteiger partial charge in [0.05, 0.1) is 23.8 Å². The summed E-state index contributed by atoms with van der Waals surface area (Å²) in [6.45, 7) is -0.164. The summed E-state index contributed by atoms with van der Waals surface area (Å²) in [7, 11) is 0. The molecule has 0 spiro atoms. The second-order valence-corrected chi connectivity index (χ2v) is 4.19. The third-order valence-electron chi connectivity index (χ3n) is 2.75. The first kappa shape index (κ1) is 13.0. The van der Waals surface area contributed by atoms with Gasteiger partial charge in [0.2, 0.25) is 11.8 Å². The van der Waals surface area contributed by atoms with Gasteiger partial charge in [-0.15, -0.1) is 0 Å². The molecule has 1 aromatic rings. The van der Waals surface area contributed by atoms with E-state index in [4.69, 9.17) is 10.8 Å². The van der Waals surface area contributed by atoms with E-state index in [1.165, 1.54) is 4.90 Å². The first-order valence-electron chi connectivity index (χ1n) is 5.66. The monoisotopic (exact) mass is 263 g/mol. The number of nitrogens with zero attached hydrogens (tertiary/aromatic N) is 1. The molecule has 19 heavy (non-hydrogen) atoms. The fraction of sp³-hybridized carbons (Fsp3) is 0.250. The van der Waals surface area contributed by atoms with Crippen LogP contribution in [0, 0.1) is 0 Å². The Morgan fingerprint density at radius 1 is 1.42 bits per heavy atom. The summed E-state index contributed by atoms with van der Waals surface area (Å²) >= 11 is 0. The summed E-state index contributed by atoms with van der Waals surface area (Å²) in [6.07, 6.45) is -0.473. The number of amides is 2. The second-order valence-electron chi connectivity index (χ2n) is 4.19. The Balaban J connectivity index is 2.27. The molecule has 1 aromatic carbocycles. The summed E-state index contributed by atoms with van der Waals surface area (Å²) in [5.74, 6) is -2.07. The van der Waals surface area contributed by atoms with Crippen molar-refractivity contribution in [1.82, 2.24) is 0 Å². The summed E-state index contributed by atoms with van der Waals surface area (Å²) in [5, 5.41) is 11.3. The Labute approximate surface area is 109 Å². The highest BCUT2D eigenvalue weighted by Crippen LogP contribution is 2.29. The van der Waals surface area contributed by atoms with Crippen molar-refractivity contribution in [1.29, 1.82) is 0 Å². The zero-order chi connectivity index (χ0) is 14.0. The molecule has 1 unspecified atom stereocenters. The van der Waals surface area contributed by atoms with Crippen molar-refractivity contribution in [2.45, 2.75) is 12.5 Å². The summed E-state index contributed by atoms with van der Waals surface area (Å²) in [5.41, 5.74) is 6.58. The minimum atomic E-state index is -1.17. The molecule has 0 aromatic heterocycles. The number of nitrogens with one attached hydrogen (secondary N) is 1. The SMILES string of the molecule is NC(CC(=O)O)C(=O)N1CC(=O)Nc2ccccc21. The van der Waals surface area contributed by atoms with Crippen LogP contribution in [0.1, 0.15) is 6.42 Å². The predicted molar refractivity (Wildman–Crippen MR) is 67.7 cm³/mol. The Bertz CT molecular complexity index is 544. The maximum Gasteiger partial charge on any atom is 0.305 e. The van der Waals surface area contributed by atoms with Crippen LogP contribution in [0.4, 0.5) is 11.4 Å². The normalized spacial score (nSPS) is 15.4. The number of carbonyl (C=O) groups excluding carboxylic acids is 2. The zero-order valence-corrected chi connectivity index (χ0v) is 10.00. The average Bonchev–Trinajstić information content (AvgIpc) is 2.36. The maximum absolute atomic E-state index is 12.1. The van der Waals surface area contributed by atoms with Gasteiger partial charge in [-0.05, 0) is 12.1 Å². The van der Waals surface area contributed by atoms with E-state index >= 15 is 0 Å². The Kier molecular flexibility index (Phi) is 3.48. The predicted octanol–water partition coefficient (Wildman–Crippen LogP) is -0.226. The van der Waals surface area contributed by atoms with E-state index in [0.29, 0.717) is 11.4 Å². The molecule has 0 saturated carbocycles. The van der Waals surface area contributed by atoms with Crippen LogP contribution in [0.3, 0.4) is 0 Å². The van der Waals surface area contributed by atoms with Gasteiger partial charge >= 0.3 is 5.97 Å². The molecule has 0 bridgehead atoms. The van der Waals surface area contributed by atoms with Crippen LogP contribution in [0.15, 0.2) is 24.3 Å². The number of carboxylic acids is 1. The topological polar surface area (TPSA) is 113 Å². The number of hydrogen-bond donors (Lipinski definition) is 3. The van der Waals surface area contributed by atoms with Gasteiger partial charge in [0, 0.05) is 0 Å². The molecule has 0 fully saturated rings. The van der Waals surface area contributed by atoms with Crippen LogP contribution < -0.4 is 16.0 Å². The van der Waals surface area contributed by atoms with Gasteiger partial charge in [-0.25, -0.2) is 0 Å². The fourth-order valence-corrected chi connectivity index (χ4v) is 1.91. The highest BCUT2D eigenvalue weighted by Gasteiger charge is 2.30. The zero-order valence-electron chi connectivity index (χ0n) is 10.00. The van der Waals surface area contributed by atoms with E-state index in [2.05, 4.69) is 5.32 Å². The molecule has 7 heteroatoms. The maximum atomic E-state index is 12.1. The third kappa shape index (κ3) is 2.71. The largest absolute Gasteiger partial charge is 0.481 e. The lowest BCUT2D eigenvalue weighted by Gasteiger charge is -2.30. The number of carbonyl (C=O) groups is 3. The lowest BCUT2D eigenvalue weighted by atomic mass is 10.1. The number of hydrogen-bond acceptors (Lipinski definition) is 4. The molecule has 0 aliphatic carbocycles. The quantitative estimate of drug-likeness (QED) is 0.697. The Morgan fingerprint density at radius 3 is 2.79 bits per heavy atom. The minimum Gasteiger partial charge on any atom is -0.481 e. The van der Waals surface area contributed by atoms with Gasteiger partial charge in [-0.1, -0.05) is 12.1 Å². The lowest BCUT2D eigenvalue weighted by molar-refractivity contribution is -0.139. The first-order valence-corrected chi connectivity index (χ1v) is 5.66. The summed E-state index contributed by atoms with van der Waals surface area (Å²) in [6, 6.07) is 5.61. The highest BCUT2D eigenvalue weighted by molar-refractivity contribution is 6.11. The molecule has 1 heterocycles. The molecular weight excluding hydrogens is 250 g/mol. The van der Waals surface area contributed by atoms with Crippen LogP contribution in [-0.2, 0) is 14.4 Å². The van der Waals surface area contributed by atoms with Crippen molar-refractivity contribution >= 4 is 29.2 Å². The molecule has 1 aliphatic rings. The summed E-state index contributed by atoms with van der Waals surface area (Å²) < 4.78 is 0. The molecule has 1 atom stereocenters. The smallest absolute Gasteiger partial charge is 0.305 e. The van der Waals surface area contributed by atoms with E-state index in [9.17, 15) is 14.4 Å². The fourth-order valence-electron chi connectivity index (χ4n) is 1.91. The standard InChI is InChI=1S/C12H13N3O4/c13-7(5-11(17)18)12(19)15-6-10(16)14-8-3-1-2-4-9(8)15/h1-4,7H,5-6,13H2,(H,14,16)(H,17,18). The number of fused-ring (bicyclic) bond motifs is 1. The number of rotatable bonds is 3. The molecule has 2 rings (SSSR count). The van der Waals surface area contributed by atoms with Crippen molar-refractivity contribution in [3.8, 4) is 0 Å². The molecule has 0 radical (unpaired) electrons. The van der Waals surface area contributed by atoms with Crippen molar-refractivity contribution in [3.63, 3.8) is 0 Å². The lowest BCUT2D eigenvalue weighted by Crippen LogP contribution is -2.50. The molecule has 0 saturated heterocycles. The van der Waals surface area contributed by atoms with Crippen LogP contribution in [0.5, 0.6) is 0 Å². The minimum absolute atomic E-state index is 0.164. The van der Waals surface area contributed by atoms with Crippen LogP contribution >= 0.6 is 0 Å². The van der Waals surface area contributed by atoms with Crippen molar-refractivity contribution < 1.29 is 19.5 Å². The van der Waals surface area contributed by atoms with Crippen LogP contribution in [-0.4, -0.2) is 35.5 Å². The van der Waals surface area contributed by atoms with Crippen LogP contribution in [0.2, 0.25) is 0 Å². The number of para-hydroxylation sites is 2. The molecular formula is C12H13N3O4. The molecule has 100 valence electrons. The first-order chi connectivity index (χ1) is 8.99. The summed E-state index contributed by atoms with van der Waals surface area (Å²) in [4.78, 5) is 35.4. The van der Waals surface area contributed by atoms with Gasteiger partial charge in [0.15, 0.2) is 0 Å². The van der Waals surface area contributed by atoms with E-state index in [-0.39, 0.29) is 12.5 Å². The number of aliphatic carboxylic acids is 1. The van der Waals surface area contributed by atoms with Gasteiger partial charge in [0.25, 0.3) is 0 Å². The number of benzene rings is 1. The van der Waals surface area contributed by atoms with Crippen molar-refractivity contribution in [2.24, 2.45) is 5.73 Å². The van der Waals surface area contributed by atoms with Gasteiger partial charge in [0.1, 0.15) is 6.54 Å². The van der Waals surface area contributed by atoms with Crippen molar-refractivity contribution in [2.75, 3.05) is 16.8 Å². The molecule has 1 aliphatic heterocycles. The van der Waals surface area contributed by atoms with E-state index in [0.717, 1.165) is 0 Å². The average molecular weight is 263 g/mol. The molecule has 2 amide bonds. The molecule has 4 N–H and O–H groups in total. The number of anilines is 2. The Hall–Kier alpha value is -2.41. The van der Waals surface area contributed by atoms with E-state index in [1.807, 2.05) is 0 Å². The molecule has 7 nitrogen and oxygen atoms in total. The van der Waals surface area contributed by atoms with Gasteiger partial charge < -0.3 is 16.2 Å². The number of carboxylic acid groups (broad SMARTS) is 1. The van der Waals surface area contributed by atoms with Crippen molar-refractivity contribution in [3.05, 3.63) is 24.3 Å². The third-order valence-corrected chi connectivity index (χ3v) is 2.75. The van der Waals surface area contributed by atoms with Gasteiger partial charge in [-0.3, -0.25) is 19.3 Å². The Morgan fingerprint density at radius 2 is 2.11 bits per heavy atom. The second kappa shape index (κ2) is 5.07. The van der Waals surface area contributed by atoms with E-state index in [1.54, 1.807) is 24.3 Å². The highest BCUT2D eigenvalue weighted by atomic mass is 16.4. The van der Waals surface area contributed by atoms with Crippen LogP contribution in [0.25, 0.3) is 0 Å². The van der Waals surface area contributed by atoms with Gasteiger partial charge in [-0.2, -0.15) is 0 Å². The van der Waals surface area contributed by atoms with E-state index < -0.39 is 24.3 Å².